The van der Waals surface area contributed by atoms with E-state index in [4.69, 9.17) is 11.5 Å². The molecule has 7 heteroatoms. The highest BCUT2D eigenvalue weighted by atomic mass is 32.1. The largest absolute Gasteiger partial charge is 0.391 e. The lowest BCUT2D eigenvalue weighted by Gasteiger charge is -2.11. The second kappa shape index (κ2) is 7.10. The second-order valence-corrected chi connectivity index (χ2v) is 3.46. The van der Waals surface area contributed by atoms with Crippen LogP contribution >= 0.6 is 25.3 Å². The number of rotatable bonds is 5. The van der Waals surface area contributed by atoms with Crippen LogP contribution in [0.15, 0.2) is 0 Å². The molecule has 0 aliphatic heterocycles. The number of hydrogen-bond donors (Lipinski definition) is 4. The summed E-state index contributed by atoms with van der Waals surface area (Å²) < 4.78 is 4.41. The van der Waals surface area contributed by atoms with Crippen LogP contribution in [0.25, 0.3) is 0 Å². The summed E-state index contributed by atoms with van der Waals surface area (Å²) in [7, 11) is 0. The number of hydrogen-bond acceptors (Lipinski definition) is 7. The third kappa shape index (κ3) is 4.85. The molecule has 0 spiro atoms. The zero-order valence-corrected chi connectivity index (χ0v) is 9.34. The highest BCUT2D eigenvalue weighted by Crippen LogP contribution is 1.96. The van der Waals surface area contributed by atoms with Gasteiger partial charge in [0.2, 0.25) is 0 Å². The van der Waals surface area contributed by atoms with Gasteiger partial charge in [0.25, 0.3) is 0 Å². The van der Waals surface area contributed by atoms with Crippen LogP contribution in [0.2, 0.25) is 0 Å². The maximum absolute atomic E-state index is 11.1. The molecule has 0 saturated heterocycles. The molecule has 0 aliphatic rings. The van der Waals surface area contributed by atoms with Gasteiger partial charge in [0.1, 0.15) is 12.1 Å². The maximum Gasteiger partial charge on any atom is 0.331 e. The van der Waals surface area contributed by atoms with E-state index >= 15 is 0 Å². The molecule has 0 aromatic rings. The van der Waals surface area contributed by atoms with E-state index in [2.05, 4.69) is 30.0 Å². The van der Waals surface area contributed by atoms with Crippen molar-refractivity contribution in [3.63, 3.8) is 0 Å². The van der Waals surface area contributed by atoms with Crippen molar-refractivity contribution in [2.75, 3.05) is 11.5 Å². The van der Waals surface area contributed by atoms with Gasteiger partial charge in [0.05, 0.1) is 0 Å². The lowest BCUT2D eigenvalue weighted by atomic mass is 10.2. The molecule has 4 N–H and O–H groups in total. The third-order valence-electron chi connectivity index (χ3n) is 1.44. The lowest BCUT2D eigenvalue weighted by Crippen LogP contribution is -2.40. The van der Waals surface area contributed by atoms with Crippen molar-refractivity contribution >= 4 is 37.2 Å². The Morgan fingerprint density at radius 1 is 1.14 bits per heavy atom. The summed E-state index contributed by atoms with van der Waals surface area (Å²) in [6.07, 6.45) is 0.353. The topological polar surface area (TPSA) is 95.4 Å². The van der Waals surface area contributed by atoms with Crippen molar-refractivity contribution in [2.45, 2.75) is 18.5 Å². The number of ether oxygens (including phenoxy) is 1. The van der Waals surface area contributed by atoms with Gasteiger partial charge in [0.15, 0.2) is 0 Å². The fourth-order valence-corrected chi connectivity index (χ4v) is 1.01. The Morgan fingerprint density at radius 2 is 1.64 bits per heavy atom. The molecular formula is C7H14N2O3S2. The summed E-state index contributed by atoms with van der Waals surface area (Å²) in [5.41, 5.74) is 10.7. The average Bonchev–Trinajstić information content (AvgIpc) is 2.16. The summed E-state index contributed by atoms with van der Waals surface area (Å²) in [6.45, 7) is 0. The zero-order chi connectivity index (χ0) is 11.1. The van der Waals surface area contributed by atoms with Crippen LogP contribution < -0.4 is 11.5 Å². The van der Waals surface area contributed by atoms with E-state index in [1.807, 2.05) is 0 Å². The molecule has 0 radical (unpaired) electrons. The Balaban J connectivity index is 3.99. The summed E-state index contributed by atoms with van der Waals surface area (Å²) in [5, 5.41) is 0. The van der Waals surface area contributed by atoms with Gasteiger partial charge in [-0.25, -0.2) is 9.59 Å². The number of carbonyl (C=O) groups excluding carboxylic acids is 2. The molecule has 0 unspecified atom stereocenters. The highest BCUT2D eigenvalue weighted by Gasteiger charge is 2.21. The smallest absolute Gasteiger partial charge is 0.331 e. The van der Waals surface area contributed by atoms with Crippen LogP contribution in [0.4, 0.5) is 0 Å². The molecule has 14 heavy (non-hydrogen) atoms. The minimum absolute atomic E-state index is 0.119. The molecule has 0 aliphatic carbocycles. The molecule has 82 valence electrons. The minimum Gasteiger partial charge on any atom is -0.391 e. The molecule has 0 aromatic carbocycles. The van der Waals surface area contributed by atoms with E-state index in [9.17, 15) is 9.59 Å². The SMILES string of the molecule is N[C@H](CCS)C(=O)OC(=O)[C@@H](N)CS. The third-order valence-corrected chi connectivity index (χ3v) is 2.10. The Morgan fingerprint density at radius 3 is 2.07 bits per heavy atom. The maximum atomic E-state index is 11.1. The van der Waals surface area contributed by atoms with Gasteiger partial charge in [-0.15, -0.1) is 0 Å². The molecular weight excluding hydrogens is 224 g/mol. The van der Waals surface area contributed by atoms with Crippen molar-refractivity contribution in [1.82, 2.24) is 0 Å². The summed E-state index contributed by atoms with van der Waals surface area (Å²) >= 11 is 7.68. The second-order valence-electron chi connectivity index (χ2n) is 2.65. The molecule has 0 aromatic heterocycles. The first-order chi connectivity index (χ1) is 6.52. The Bertz CT molecular complexity index is 213. The summed E-state index contributed by atoms with van der Waals surface area (Å²) in [5.74, 6) is -1.02. The van der Waals surface area contributed by atoms with Crippen molar-refractivity contribution in [1.29, 1.82) is 0 Å². The summed E-state index contributed by atoms with van der Waals surface area (Å²) in [6, 6.07) is -1.73. The van der Waals surface area contributed by atoms with Gasteiger partial charge < -0.3 is 16.2 Å². The standard InChI is InChI=1S/C7H14N2O3S2/c8-4(1-2-13)6(10)12-7(11)5(9)3-14/h4-5,13-14H,1-3,8-9H2/t4-,5+/m1/s1. The van der Waals surface area contributed by atoms with Crippen molar-refractivity contribution in [3.05, 3.63) is 0 Å². The average molecular weight is 238 g/mol. The Kier molecular flexibility index (Phi) is 6.98. The molecule has 0 saturated carbocycles. The van der Waals surface area contributed by atoms with E-state index in [0.29, 0.717) is 12.2 Å². The highest BCUT2D eigenvalue weighted by molar-refractivity contribution is 7.80. The molecule has 0 bridgehead atoms. The Hall–Kier alpha value is -0.240. The zero-order valence-electron chi connectivity index (χ0n) is 7.55. The monoisotopic (exact) mass is 238 g/mol. The molecule has 0 amide bonds. The van der Waals surface area contributed by atoms with Gasteiger partial charge >= 0.3 is 11.9 Å². The number of nitrogens with two attached hydrogens (primary N) is 2. The number of carbonyl (C=O) groups is 2. The van der Waals surface area contributed by atoms with Crippen molar-refractivity contribution in [3.8, 4) is 0 Å². The predicted octanol–water partition coefficient (Wildman–Crippen LogP) is -1.04. The van der Waals surface area contributed by atoms with Gasteiger partial charge in [0, 0.05) is 5.75 Å². The fraction of sp³-hybridized carbons (Fsp3) is 0.714. The Labute approximate surface area is 93.4 Å². The van der Waals surface area contributed by atoms with E-state index in [1.54, 1.807) is 0 Å². The molecule has 2 atom stereocenters. The van der Waals surface area contributed by atoms with E-state index in [1.165, 1.54) is 0 Å². The van der Waals surface area contributed by atoms with Gasteiger partial charge in [-0.1, -0.05) is 0 Å². The van der Waals surface area contributed by atoms with E-state index in [0.717, 1.165) is 0 Å². The van der Waals surface area contributed by atoms with Crippen molar-refractivity contribution in [2.24, 2.45) is 11.5 Å². The molecule has 0 rings (SSSR count). The van der Waals surface area contributed by atoms with Crippen LogP contribution in [0.5, 0.6) is 0 Å². The van der Waals surface area contributed by atoms with Crippen LogP contribution in [0.3, 0.4) is 0 Å². The molecule has 0 fully saturated rings. The normalized spacial score (nSPS) is 14.6. The van der Waals surface area contributed by atoms with Crippen LogP contribution in [0.1, 0.15) is 6.42 Å². The summed E-state index contributed by atoms with van der Waals surface area (Å²) in [4.78, 5) is 22.1. The first-order valence-electron chi connectivity index (χ1n) is 4.01. The van der Waals surface area contributed by atoms with Gasteiger partial charge in [-0.05, 0) is 12.2 Å². The van der Waals surface area contributed by atoms with Crippen molar-refractivity contribution < 1.29 is 14.3 Å². The number of thiol groups is 2. The molecule has 5 nitrogen and oxygen atoms in total. The van der Waals surface area contributed by atoms with Gasteiger partial charge in [-0.3, -0.25) is 0 Å². The van der Waals surface area contributed by atoms with Crippen LogP contribution in [-0.2, 0) is 14.3 Å². The molecule has 0 heterocycles. The van der Waals surface area contributed by atoms with Crippen LogP contribution in [-0.4, -0.2) is 35.5 Å². The first kappa shape index (κ1) is 13.8. The van der Waals surface area contributed by atoms with E-state index in [-0.39, 0.29) is 5.75 Å². The van der Waals surface area contributed by atoms with E-state index < -0.39 is 24.0 Å². The fourth-order valence-electron chi connectivity index (χ4n) is 0.582. The van der Waals surface area contributed by atoms with Gasteiger partial charge in [-0.2, -0.15) is 25.3 Å². The van der Waals surface area contributed by atoms with Crippen LogP contribution in [0, 0.1) is 0 Å². The quantitative estimate of drug-likeness (QED) is 0.279. The minimum atomic E-state index is -0.898. The lowest BCUT2D eigenvalue weighted by molar-refractivity contribution is -0.161. The number of esters is 2. The first-order valence-corrected chi connectivity index (χ1v) is 5.27. The predicted molar refractivity (Wildman–Crippen MR) is 59.4 cm³/mol.